The van der Waals surface area contributed by atoms with Crippen LogP contribution in [0.15, 0.2) is 48.1 Å². The van der Waals surface area contributed by atoms with Crippen molar-refractivity contribution in [2.75, 3.05) is 32.8 Å². The number of nitrogens with one attached hydrogen (secondary N) is 2. The number of likely N-dealkylation sites (tertiary alicyclic amines) is 2. The minimum atomic E-state index is -1.66. The third-order valence-corrected chi connectivity index (χ3v) is 7.71. The number of piperidine rings is 1. The molecule has 3 aliphatic heterocycles. The Bertz CT molecular complexity index is 1140. The number of urea groups is 1. The molecule has 1 aromatic carbocycles. The zero-order valence-corrected chi connectivity index (χ0v) is 20.2. The highest BCUT2D eigenvalue weighted by molar-refractivity contribution is 6.25. The average molecular weight is 495 g/mol. The van der Waals surface area contributed by atoms with Crippen molar-refractivity contribution in [2.24, 2.45) is 5.41 Å². The predicted octanol–water partition coefficient (Wildman–Crippen LogP) is 0.650. The van der Waals surface area contributed by atoms with Crippen molar-refractivity contribution in [2.45, 2.75) is 37.8 Å². The summed E-state index contributed by atoms with van der Waals surface area (Å²) in [6.07, 6.45) is 7.01. The van der Waals surface area contributed by atoms with Gasteiger partial charge < -0.3 is 14.7 Å². The lowest BCUT2D eigenvalue weighted by molar-refractivity contribution is -0.154. The van der Waals surface area contributed by atoms with Crippen LogP contribution in [0.25, 0.3) is 0 Å². The molecule has 3 N–H and O–H groups in total. The Kier molecular flexibility index (Phi) is 6.17. The van der Waals surface area contributed by atoms with Crippen LogP contribution in [0.5, 0.6) is 5.75 Å². The lowest BCUT2D eigenvalue weighted by Crippen LogP contribution is -2.75. The van der Waals surface area contributed by atoms with E-state index in [4.69, 9.17) is 9.84 Å². The van der Waals surface area contributed by atoms with Gasteiger partial charge in [0.15, 0.2) is 0 Å². The van der Waals surface area contributed by atoms with Crippen molar-refractivity contribution in [3.63, 3.8) is 0 Å². The molecule has 1 aliphatic carbocycles. The molecule has 1 unspecified atom stereocenters. The Hall–Kier alpha value is -3.50. The van der Waals surface area contributed by atoms with E-state index in [1.165, 1.54) is 0 Å². The molecule has 5 amide bonds. The second kappa shape index (κ2) is 9.18. The van der Waals surface area contributed by atoms with Gasteiger partial charge in [-0.25, -0.2) is 4.79 Å². The fourth-order valence-corrected chi connectivity index (χ4v) is 5.75. The van der Waals surface area contributed by atoms with Gasteiger partial charge in [-0.1, -0.05) is 24.3 Å². The van der Waals surface area contributed by atoms with E-state index in [1.54, 1.807) is 11.0 Å². The molecule has 1 aromatic rings. The number of imide groups is 2. The Balaban J connectivity index is 1.34. The Morgan fingerprint density at radius 1 is 1.14 bits per heavy atom. The van der Waals surface area contributed by atoms with E-state index < -0.39 is 30.0 Å². The zero-order chi connectivity index (χ0) is 25.5. The molecule has 0 radical (unpaired) electrons. The number of hydrogen-bond donors (Lipinski definition) is 3. The van der Waals surface area contributed by atoms with Gasteiger partial charge in [0, 0.05) is 38.0 Å². The second-order valence-corrected chi connectivity index (χ2v) is 10.1. The molecule has 10 heteroatoms. The summed E-state index contributed by atoms with van der Waals surface area (Å²) in [5.41, 5.74) is -0.148. The summed E-state index contributed by atoms with van der Waals surface area (Å²) in [5, 5.41) is 13.7. The molecule has 10 nitrogen and oxygen atoms in total. The first kappa shape index (κ1) is 24.2. The number of aliphatic hydroxyl groups excluding tert-OH is 1. The minimum absolute atomic E-state index is 0.0799. The highest BCUT2D eigenvalue weighted by Crippen LogP contribution is 2.44. The standard InChI is InChI=1S/C26H30N4O6/c1-17-3-2-4-20(13-17)36-19-7-5-18(6-8-19)26(22(33)27-24(35)28-23(26)34)30-11-9-25(10-12-30)15-29(16-25)21(32)14-31/h2-7,13,19,31H,8-12,14-16H2,1H3,(H2,27,28,33,34,35). The van der Waals surface area contributed by atoms with Crippen molar-refractivity contribution in [3.8, 4) is 5.75 Å². The number of aliphatic hydroxyl groups is 1. The number of carbonyl (C=O) groups excluding carboxylic acids is 4. The number of nitrogens with zero attached hydrogens (tertiary/aromatic N) is 2. The summed E-state index contributed by atoms with van der Waals surface area (Å²) >= 11 is 0. The van der Waals surface area contributed by atoms with Crippen LogP contribution in [0.1, 0.15) is 24.8 Å². The molecule has 5 rings (SSSR count). The fourth-order valence-electron chi connectivity index (χ4n) is 5.75. The summed E-state index contributed by atoms with van der Waals surface area (Å²) in [5.74, 6) is -0.867. The van der Waals surface area contributed by atoms with Crippen LogP contribution >= 0.6 is 0 Å². The number of ether oxygens (including phenoxy) is 1. The third kappa shape index (κ3) is 4.10. The Morgan fingerprint density at radius 3 is 2.42 bits per heavy atom. The first-order valence-electron chi connectivity index (χ1n) is 12.2. The van der Waals surface area contributed by atoms with Crippen molar-refractivity contribution < 1.29 is 29.0 Å². The van der Waals surface area contributed by atoms with E-state index in [1.807, 2.05) is 48.2 Å². The quantitative estimate of drug-likeness (QED) is 0.513. The molecule has 1 atom stereocenters. The summed E-state index contributed by atoms with van der Waals surface area (Å²) in [6, 6.07) is 6.91. The summed E-state index contributed by atoms with van der Waals surface area (Å²) in [7, 11) is 0. The van der Waals surface area contributed by atoms with Gasteiger partial charge in [0.25, 0.3) is 11.8 Å². The Morgan fingerprint density at radius 2 is 1.83 bits per heavy atom. The van der Waals surface area contributed by atoms with Crippen LogP contribution in [-0.2, 0) is 14.4 Å². The second-order valence-electron chi connectivity index (χ2n) is 10.1. The Labute approximate surface area is 209 Å². The van der Waals surface area contributed by atoms with Crippen LogP contribution in [0.3, 0.4) is 0 Å². The zero-order valence-electron chi connectivity index (χ0n) is 20.2. The maximum atomic E-state index is 13.3. The van der Waals surface area contributed by atoms with Gasteiger partial charge in [-0.2, -0.15) is 0 Å². The van der Waals surface area contributed by atoms with Crippen molar-refractivity contribution in [3.05, 3.63) is 53.6 Å². The number of benzene rings is 1. The van der Waals surface area contributed by atoms with Crippen LogP contribution < -0.4 is 15.4 Å². The SMILES string of the molecule is Cc1cccc(OC2C=CC(C3(N4CCC5(CC4)CN(C(=O)CO)C5)C(=O)NC(=O)NC3=O)=CC2)c1. The molecule has 0 saturated carbocycles. The first-order valence-corrected chi connectivity index (χ1v) is 12.2. The number of aryl methyl sites for hydroxylation is 1. The van der Waals surface area contributed by atoms with Crippen LogP contribution in [0, 0.1) is 12.3 Å². The molecule has 36 heavy (non-hydrogen) atoms. The van der Waals surface area contributed by atoms with Gasteiger partial charge in [-0.15, -0.1) is 0 Å². The van der Waals surface area contributed by atoms with E-state index >= 15 is 0 Å². The van der Waals surface area contributed by atoms with Gasteiger partial charge in [-0.3, -0.25) is 29.9 Å². The maximum Gasteiger partial charge on any atom is 0.328 e. The van der Waals surface area contributed by atoms with E-state index in [-0.39, 0.29) is 17.4 Å². The third-order valence-electron chi connectivity index (χ3n) is 7.71. The predicted molar refractivity (Wildman–Crippen MR) is 129 cm³/mol. The normalized spacial score (nSPS) is 25.1. The molecule has 3 fully saturated rings. The van der Waals surface area contributed by atoms with Crippen molar-refractivity contribution >= 4 is 23.8 Å². The minimum Gasteiger partial charge on any atom is -0.486 e. The summed E-state index contributed by atoms with van der Waals surface area (Å²) in [6.45, 7) is 3.50. The van der Waals surface area contributed by atoms with E-state index in [2.05, 4.69) is 10.6 Å². The lowest BCUT2D eigenvalue weighted by atomic mass is 9.70. The molecule has 1 spiro atoms. The molecule has 3 heterocycles. The highest BCUT2D eigenvalue weighted by Gasteiger charge is 2.59. The summed E-state index contributed by atoms with van der Waals surface area (Å²) < 4.78 is 6.06. The monoisotopic (exact) mass is 494 g/mol. The molecule has 190 valence electrons. The first-order chi connectivity index (χ1) is 17.3. The fraction of sp³-hybridized carbons (Fsp3) is 0.462. The van der Waals surface area contributed by atoms with Crippen molar-refractivity contribution in [1.29, 1.82) is 0 Å². The molecule has 0 aromatic heterocycles. The topological polar surface area (TPSA) is 128 Å². The van der Waals surface area contributed by atoms with E-state index in [9.17, 15) is 19.2 Å². The number of carbonyl (C=O) groups is 4. The number of barbiturate groups is 1. The van der Waals surface area contributed by atoms with E-state index in [0.717, 1.165) is 11.3 Å². The van der Waals surface area contributed by atoms with Gasteiger partial charge in [0.05, 0.1) is 0 Å². The smallest absolute Gasteiger partial charge is 0.328 e. The average Bonchev–Trinajstić information content (AvgIpc) is 2.83. The largest absolute Gasteiger partial charge is 0.486 e. The van der Waals surface area contributed by atoms with Crippen molar-refractivity contribution in [1.82, 2.24) is 20.4 Å². The van der Waals surface area contributed by atoms with Gasteiger partial charge >= 0.3 is 6.03 Å². The van der Waals surface area contributed by atoms with Crippen LogP contribution in [-0.4, -0.2) is 83.1 Å². The van der Waals surface area contributed by atoms with Crippen LogP contribution in [0.2, 0.25) is 0 Å². The number of rotatable bonds is 5. The molecule has 3 saturated heterocycles. The van der Waals surface area contributed by atoms with Crippen LogP contribution in [0.4, 0.5) is 4.79 Å². The molecule has 0 bridgehead atoms. The summed E-state index contributed by atoms with van der Waals surface area (Å²) in [4.78, 5) is 53.8. The molecular formula is C26H30N4O6. The van der Waals surface area contributed by atoms with Gasteiger partial charge in [0.2, 0.25) is 11.4 Å². The maximum absolute atomic E-state index is 13.3. The van der Waals surface area contributed by atoms with E-state index in [0.29, 0.717) is 51.0 Å². The molecule has 4 aliphatic rings. The highest BCUT2D eigenvalue weighted by atomic mass is 16.5. The van der Waals surface area contributed by atoms with Gasteiger partial charge in [0.1, 0.15) is 18.5 Å². The number of hydrogen-bond acceptors (Lipinski definition) is 7. The lowest BCUT2D eigenvalue weighted by Gasteiger charge is -2.56. The number of amides is 5. The van der Waals surface area contributed by atoms with Gasteiger partial charge in [-0.05, 0) is 49.1 Å². The molecular weight excluding hydrogens is 464 g/mol.